The highest BCUT2D eigenvalue weighted by atomic mass is 16.7. The van der Waals surface area contributed by atoms with Crippen LogP contribution in [-0.4, -0.2) is 22.9 Å². The maximum Gasteiger partial charge on any atom is 0.494 e. The number of fused-ring (bicyclic) bond motifs is 3. The number of para-hydroxylation sites is 2. The van der Waals surface area contributed by atoms with Crippen molar-refractivity contribution in [1.82, 2.24) is 4.57 Å². The molecule has 0 aliphatic carbocycles. The van der Waals surface area contributed by atoms with Gasteiger partial charge in [-0.1, -0.05) is 115 Å². The summed E-state index contributed by atoms with van der Waals surface area (Å²) >= 11 is 0. The van der Waals surface area contributed by atoms with Crippen molar-refractivity contribution in [3.05, 3.63) is 176 Å². The molecule has 1 aromatic heterocycles. The minimum Gasteiger partial charge on any atom is -0.399 e. The summed E-state index contributed by atoms with van der Waals surface area (Å²) in [6, 6.07) is 62.9. The second-order valence-corrected chi connectivity index (χ2v) is 14.9. The van der Waals surface area contributed by atoms with Crippen molar-refractivity contribution in [3.63, 3.8) is 0 Å². The Morgan fingerprint density at radius 3 is 1.57 bits per heavy atom. The van der Waals surface area contributed by atoms with E-state index in [9.17, 15) is 0 Å². The van der Waals surface area contributed by atoms with Crippen molar-refractivity contribution in [2.45, 2.75) is 38.9 Å². The lowest BCUT2D eigenvalue weighted by Crippen LogP contribution is -2.41. The first kappa shape index (κ1) is 33.0. The fraction of sp³-hybridized carbons (Fsp3) is 0.125. The van der Waals surface area contributed by atoms with Crippen molar-refractivity contribution in [1.29, 1.82) is 0 Å². The van der Waals surface area contributed by atoms with Crippen LogP contribution in [0.5, 0.6) is 0 Å². The van der Waals surface area contributed by atoms with Crippen LogP contribution < -0.4 is 10.4 Å². The fourth-order valence-corrected chi connectivity index (χ4v) is 7.55. The molecule has 4 nitrogen and oxygen atoms in total. The van der Waals surface area contributed by atoms with E-state index in [0.717, 1.165) is 28.2 Å². The summed E-state index contributed by atoms with van der Waals surface area (Å²) in [5.74, 6) is 0. The summed E-state index contributed by atoms with van der Waals surface area (Å²) in [4.78, 5) is 2.31. The second kappa shape index (κ2) is 13.0. The highest BCUT2D eigenvalue weighted by Crippen LogP contribution is 2.41. The molecule has 9 rings (SSSR count). The SMILES string of the molecule is CC1(C)OB(c2ccc(N(c3ccc(-c4ccccc4)cc3)c3ccc(-c4cccc5c4c4ccccc4n5-c4ccccc4)cc3)cc2)OC1(C)C. The van der Waals surface area contributed by atoms with E-state index in [1.165, 1.54) is 44.1 Å². The van der Waals surface area contributed by atoms with Gasteiger partial charge in [0.25, 0.3) is 0 Å². The molecule has 53 heavy (non-hydrogen) atoms. The van der Waals surface area contributed by atoms with Gasteiger partial charge < -0.3 is 18.8 Å². The summed E-state index contributed by atoms with van der Waals surface area (Å²) < 4.78 is 15.1. The van der Waals surface area contributed by atoms with Gasteiger partial charge in [-0.15, -0.1) is 0 Å². The van der Waals surface area contributed by atoms with Gasteiger partial charge >= 0.3 is 7.12 Å². The van der Waals surface area contributed by atoms with Crippen LogP contribution in [0, 0.1) is 0 Å². The molecule has 258 valence electrons. The van der Waals surface area contributed by atoms with Gasteiger partial charge in [-0.2, -0.15) is 0 Å². The van der Waals surface area contributed by atoms with Crippen LogP contribution >= 0.6 is 0 Å². The number of anilines is 3. The largest absolute Gasteiger partial charge is 0.494 e. The van der Waals surface area contributed by atoms with Gasteiger partial charge in [0.05, 0.1) is 22.2 Å². The average Bonchev–Trinajstić information content (AvgIpc) is 3.65. The molecule has 8 aromatic rings. The average molecular weight is 689 g/mol. The lowest BCUT2D eigenvalue weighted by molar-refractivity contribution is 0.00578. The van der Waals surface area contributed by atoms with E-state index >= 15 is 0 Å². The Hall–Kier alpha value is -5.88. The molecule has 0 unspecified atom stereocenters. The molecular weight excluding hydrogens is 647 g/mol. The minimum atomic E-state index is -0.414. The van der Waals surface area contributed by atoms with Crippen molar-refractivity contribution in [3.8, 4) is 27.9 Å². The van der Waals surface area contributed by atoms with Crippen LogP contribution in [0.4, 0.5) is 17.1 Å². The van der Waals surface area contributed by atoms with Gasteiger partial charge in [0.1, 0.15) is 0 Å². The van der Waals surface area contributed by atoms with Crippen LogP contribution in [0.3, 0.4) is 0 Å². The molecule has 7 aromatic carbocycles. The third-order valence-electron chi connectivity index (χ3n) is 11.1. The first-order valence-electron chi connectivity index (χ1n) is 18.4. The molecule has 0 radical (unpaired) electrons. The maximum absolute atomic E-state index is 6.38. The Bertz CT molecular complexity index is 2530. The highest BCUT2D eigenvalue weighted by molar-refractivity contribution is 6.62. The van der Waals surface area contributed by atoms with Crippen LogP contribution in [0.25, 0.3) is 49.7 Å². The summed E-state index contributed by atoms with van der Waals surface area (Å²) in [6.07, 6.45) is 0. The molecule has 0 bridgehead atoms. The van der Waals surface area contributed by atoms with E-state index in [0.29, 0.717) is 0 Å². The van der Waals surface area contributed by atoms with Gasteiger partial charge in [0.2, 0.25) is 0 Å². The zero-order valence-corrected chi connectivity index (χ0v) is 30.5. The Kier molecular flexibility index (Phi) is 8.07. The molecule has 0 saturated carbocycles. The van der Waals surface area contributed by atoms with Crippen molar-refractivity contribution < 1.29 is 9.31 Å². The van der Waals surface area contributed by atoms with E-state index in [1.54, 1.807) is 0 Å². The molecule has 1 saturated heterocycles. The summed E-state index contributed by atoms with van der Waals surface area (Å²) in [5.41, 5.74) is 11.7. The Morgan fingerprint density at radius 1 is 0.453 bits per heavy atom. The minimum absolute atomic E-state index is 0.397. The number of hydrogen-bond donors (Lipinski definition) is 0. The molecule has 1 aliphatic rings. The molecule has 0 amide bonds. The molecule has 0 N–H and O–H groups in total. The van der Waals surface area contributed by atoms with E-state index in [4.69, 9.17) is 9.31 Å². The number of rotatable bonds is 7. The van der Waals surface area contributed by atoms with Crippen LogP contribution in [0.2, 0.25) is 0 Å². The molecular formula is C48H41BN2O2. The smallest absolute Gasteiger partial charge is 0.399 e. The molecule has 0 spiro atoms. The quantitative estimate of drug-likeness (QED) is 0.156. The van der Waals surface area contributed by atoms with Crippen LogP contribution in [0.1, 0.15) is 27.7 Å². The number of benzene rings is 7. The summed E-state index contributed by atoms with van der Waals surface area (Å²) in [7, 11) is -0.414. The zero-order valence-electron chi connectivity index (χ0n) is 30.5. The highest BCUT2D eigenvalue weighted by Gasteiger charge is 2.51. The summed E-state index contributed by atoms with van der Waals surface area (Å²) in [5, 5.41) is 2.50. The first-order chi connectivity index (χ1) is 25.8. The lowest BCUT2D eigenvalue weighted by atomic mass is 9.79. The molecule has 1 fully saturated rings. The lowest BCUT2D eigenvalue weighted by Gasteiger charge is -2.32. The number of hydrogen-bond acceptors (Lipinski definition) is 3. The second-order valence-electron chi connectivity index (χ2n) is 14.9. The standard InChI is InChI=1S/C48H41BN2O2/c1-47(2)48(3,4)53-49(52-47)37-26-32-41(33-27-37)50(39-28-22-35(23-29-39)34-14-7-5-8-15-34)40-30-24-36(25-31-40)42-19-13-21-45-46(42)43-18-11-12-20-44(43)51(45)38-16-9-6-10-17-38/h5-33H,1-4H3. The van der Waals surface area contributed by atoms with Crippen LogP contribution in [0.15, 0.2) is 176 Å². The van der Waals surface area contributed by atoms with E-state index in [1.807, 2.05) is 0 Å². The molecule has 1 aliphatic heterocycles. The van der Waals surface area contributed by atoms with E-state index in [-0.39, 0.29) is 0 Å². The topological polar surface area (TPSA) is 26.6 Å². The number of nitrogens with zero attached hydrogens (tertiary/aromatic N) is 2. The Balaban J connectivity index is 1.12. The van der Waals surface area contributed by atoms with Crippen LogP contribution in [-0.2, 0) is 9.31 Å². The van der Waals surface area contributed by atoms with Crippen molar-refractivity contribution in [2.24, 2.45) is 0 Å². The fourth-order valence-electron chi connectivity index (χ4n) is 7.55. The Labute approximate surface area is 312 Å². The van der Waals surface area contributed by atoms with Crippen molar-refractivity contribution >= 4 is 51.4 Å². The Morgan fingerprint density at radius 2 is 0.943 bits per heavy atom. The normalized spacial score (nSPS) is 14.9. The summed E-state index contributed by atoms with van der Waals surface area (Å²) in [6.45, 7) is 8.36. The predicted molar refractivity (Wildman–Crippen MR) is 222 cm³/mol. The van der Waals surface area contributed by atoms with Gasteiger partial charge in [-0.25, -0.2) is 0 Å². The molecule has 5 heteroatoms. The van der Waals surface area contributed by atoms with E-state index in [2.05, 4.69) is 213 Å². The van der Waals surface area contributed by atoms with Gasteiger partial charge in [-0.05, 0) is 116 Å². The van der Waals surface area contributed by atoms with Crippen molar-refractivity contribution in [2.75, 3.05) is 4.90 Å². The van der Waals surface area contributed by atoms with Gasteiger partial charge in [0.15, 0.2) is 0 Å². The maximum atomic E-state index is 6.38. The molecule has 2 heterocycles. The third-order valence-corrected chi connectivity index (χ3v) is 11.1. The van der Waals surface area contributed by atoms with Gasteiger partial charge in [-0.3, -0.25) is 0 Å². The monoisotopic (exact) mass is 688 g/mol. The first-order valence-corrected chi connectivity index (χ1v) is 18.4. The van der Waals surface area contributed by atoms with E-state index < -0.39 is 18.3 Å². The van der Waals surface area contributed by atoms with Gasteiger partial charge in [0, 0.05) is 33.5 Å². The third kappa shape index (κ3) is 5.83. The zero-order chi connectivity index (χ0) is 36.2. The predicted octanol–water partition coefficient (Wildman–Crippen LogP) is 11.9. The number of aromatic nitrogens is 1. The molecule has 0 atom stereocenters.